The molecule has 2 aliphatic heterocycles. The average Bonchev–Trinajstić information content (AvgIpc) is 3.89. The largest absolute Gasteiger partial charge is 0.455 e. The van der Waals surface area contributed by atoms with Crippen LogP contribution >= 0.6 is 0 Å². The molecule has 0 N–H and O–H groups in total. The minimum absolute atomic E-state index is 0.169. The number of aryl methyl sites for hydroxylation is 2. The molecule has 0 amide bonds. The van der Waals surface area contributed by atoms with Crippen LogP contribution in [0.3, 0.4) is 0 Å². The van der Waals surface area contributed by atoms with Crippen molar-refractivity contribution >= 4 is 79.0 Å². The number of rotatable bonds is 6. The fraction of sp³-hybridized carbons (Fsp3) is 0.0345. The zero-order chi connectivity index (χ0) is 41.8. The molecule has 2 aromatic heterocycles. The van der Waals surface area contributed by atoms with Gasteiger partial charge in [-0.1, -0.05) is 145 Å². The predicted molar refractivity (Wildman–Crippen MR) is 265 cm³/mol. The normalized spacial score (nSPS) is 12.5. The lowest BCUT2D eigenvalue weighted by Gasteiger charge is -2.42. The Morgan fingerprint density at radius 1 is 0.508 bits per heavy atom. The molecule has 0 bridgehead atoms. The molecule has 0 radical (unpaired) electrons. The van der Waals surface area contributed by atoms with Crippen LogP contribution in [0.2, 0.25) is 0 Å². The van der Waals surface area contributed by atoms with Crippen LogP contribution in [0.15, 0.2) is 211 Å². The monoisotopic (exact) mass is 805 g/mol. The van der Waals surface area contributed by atoms with E-state index in [1.807, 2.05) is 0 Å². The SMILES string of the molecule is Cc1ccc(N2B3c4cc5oc(-c6ccccc6)c(-c6ccccc6)c5cc4-n4c5ccccc5c5c(C)cc(c3c54)-c3ccc(N(c4ccccc4)c4ccccc4)cc32)cc1. The van der Waals surface area contributed by atoms with Crippen molar-refractivity contribution in [1.82, 2.24) is 4.57 Å². The lowest BCUT2D eigenvalue weighted by atomic mass is 9.44. The van der Waals surface area contributed by atoms with Gasteiger partial charge in [0.05, 0.1) is 11.0 Å². The number of aromatic nitrogens is 1. The standard InChI is InChI=1S/C58H40BN3O/c1-37-27-29-43(30-28-37)62-51-34-44(60(41-21-11-5-12-22-41)42-23-13-6-14-24-42)31-32-45(51)47-33-38(2)54-46-25-15-16-26-50(46)61-52-35-48-53(36-49(52)59(62)56(47)57(54)61)63-58(40-19-9-4-10-20-40)55(48)39-17-7-3-8-18-39/h3-36H,1-2H3. The van der Waals surface area contributed by atoms with Crippen LogP contribution in [0.25, 0.3) is 72.0 Å². The fourth-order valence-electron chi connectivity index (χ4n) is 10.6. The lowest BCUT2D eigenvalue weighted by molar-refractivity contribution is 0.632. The van der Waals surface area contributed by atoms with E-state index in [0.717, 1.165) is 61.9 Å². The first-order valence-corrected chi connectivity index (χ1v) is 21.8. The summed E-state index contributed by atoms with van der Waals surface area (Å²) in [5, 5.41) is 3.68. The van der Waals surface area contributed by atoms with E-state index in [4.69, 9.17) is 4.42 Å². The number of hydrogen-bond acceptors (Lipinski definition) is 3. The zero-order valence-corrected chi connectivity index (χ0v) is 35.0. The van der Waals surface area contributed by atoms with E-state index in [0.29, 0.717) is 0 Å². The second-order valence-electron chi connectivity index (χ2n) is 17.0. The quantitative estimate of drug-likeness (QED) is 0.157. The van der Waals surface area contributed by atoms with Gasteiger partial charge in [0.25, 0.3) is 0 Å². The molecule has 4 heterocycles. The number of fused-ring (bicyclic) bond motifs is 9. The summed E-state index contributed by atoms with van der Waals surface area (Å²) in [4.78, 5) is 4.97. The molecule has 63 heavy (non-hydrogen) atoms. The number of benzene rings is 9. The Kier molecular flexibility index (Phi) is 7.80. The Balaban J connectivity index is 1.16. The Hall–Kier alpha value is -8.02. The molecular formula is C58H40BN3O. The number of furan rings is 1. The van der Waals surface area contributed by atoms with Crippen LogP contribution in [0, 0.1) is 13.8 Å². The zero-order valence-electron chi connectivity index (χ0n) is 35.0. The van der Waals surface area contributed by atoms with Crippen molar-refractivity contribution in [2.45, 2.75) is 13.8 Å². The van der Waals surface area contributed by atoms with Gasteiger partial charge in [0, 0.05) is 67.0 Å². The summed E-state index contributed by atoms with van der Waals surface area (Å²) < 4.78 is 9.70. The first-order chi connectivity index (χ1) is 31.1. The fourth-order valence-corrected chi connectivity index (χ4v) is 10.6. The Bertz CT molecular complexity index is 3540. The van der Waals surface area contributed by atoms with Crippen molar-refractivity contribution in [2.24, 2.45) is 0 Å². The molecule has 11 aromatic rings. The van der Waals surface area contributed by atoms with Gasteiger partial charge in [0.15, 0.2) is 0 Å². The summed E-state index contributed by atoms with van der Waals surface area (Å²) in [6.45, 7) is 4.29. The molecule has 0 saturated heterocycles. The molecule has 0 saturated carbocycles. The van der Waals surface area contributed by atoms with Gasteiger partial charge < -0.3 is 18.7 Å². The smallest absolute Gasteiger partial charge is 0.333 e. The van der Waals surface area contributed by atoms with Gasteiger partial charge in [-0.15, -0.1) is 0 Å². The van der Waals surface area contributed by atoms with E-state index in [-0.39, 0.29) is 6.85 Å². The lowest BCUT2D eigenvalue weighted by Crippen LogP contribution is -2.60. The summed E-state index contributed by atoms with van der Waals surface area (Å²) in [6, 6.07) is 75.0. The van der Waals surface area contributed by atoms with Crippen molar-refractivity contribution in [3.05, 3.63) is 217 Å². The summed E-state index contributed by atoms with van der Waals surface area (Å²) >= 11 is 0. The van der Waals surface area contributed by atoms with Crippen LogP contribution in [-0.4, -0.2) is 11.4 Å². The third-order valence-electron chi connectivity index (χ3n) is 13.3. The van der Waals surface area contributed by atoms with E-state index in [9.17, 15) is 0 Å². The van der Waals surface area contributed by atoms with Gasteiger partial charge in [-0.05, 0) is 108 Å². The van der Waals surface area contributed by atoms with Crippen molar-refractivity contribution in [3.63, 3.8) is 0 Å². The Labute approximate surface area is 366 Å². The molecule has 9 aromatic carbocycles. The van der Waals surface area contributed by atoms with Crippen LogP contribution in [-0.2, 0) is 0 Å². The molecule has 0 unspecified atom stereocenters. The van der Waals surface area contributed by atoms with Gasteiger partial charge in [-0.25, -0.2) is 0 Å². The van der Waals surface area contributed by atoms with Gasteiger partial charge in [-0.3, -0.25) is 0 Å². The molecule has 5 heteroatoms. The molecule has 4 nitrogen and oxygen atoms in total. The highest BCUT2D eigenvalue weighted by Gasteiger charge is 2.45. The third kappa shape index (κ3) is 5.30. The highest BCUT2D eigenvalue weighted by Crippen LogP contribution is 2.50. The molecule has 13 rings (SSSR count). The second-order valence-corrected chi connectivity index (χ2v) is 17.0. The Morgan fingerprint density at radius 2 is 1.14 bits per heavy atom. The maximum absolute atomic E-state index is 7.14. The van der Waals surface area contributed by atoms with Crippen molar-refractivity contribution < 1.29 is 4.42 Å². The maximum Gasteiger partial charge on any atom is 0.333 e. The predicted octanol–water partition coefficient (Wildman–Crippen LogP) is 14.2. The molecule has 296 valence electrons. The van der Waals surface area contributed by atoms with Gasteiger partial charge in [-0.2, -0.15) is 0 Å². The first-order valence-electron chi connectivity index (χ1n) is 21.8. The highest BCUT2D eigenvalue weighted by atomic mass is 16.3. The third-order valence-corrected chi connectivity index (χ3v) is 13.3. The Morgan fingerprint density at radius 3 is 1.84 bits per heavy atom. The highest BCUT2D eigenvalue weighted by molar-refractivity contribution is 6.94. The van der Waals surface area contributed by atoms with E-state index < -0.39 is 0 Å². The van der Waals surface area contributed by atoms with Crippen molar-refractivity contribution in [3.8, 4) is 39.3 Å². The average molecular weight is 806 g/mol. The summed E-state index contributed by atoms with van der Waals surface area (Å²) in [5.74, 6) is 0.881. The van der Waals surface area contributed by atoms with E-state index in [1.54, 1.807) is 0 Å². The second kappa shape index (κ2) is 13.8. The van der Waals surface area contributed by atoms with Crippen LogP contribution < -0.4 is 20.6 Å². The van der Waals surface area contributed by atoms with Crippen molar-refractivity contribution in [2.75, 3.05) is 9.71 Å². The molecule has 0 fully saturated rings. The summed E-state index contributed by atoms with van der Waals surface area (Å²) in [6.07, 6.45) is 0. The number of anilines is 5. The summed E-state index contributed by atoms with van der Waals surface area (Å²) in [5.41, 5.74) is 21.0. The maximum atomic E-state index is 7.14. The number of para-hydroxylation sites is 3. The van der Waals surface area contributed by atoms with E-state index in [2.05, 4.69) is 234 Å². The van der Waals surface area contributed by atoms with Gasteiger partial charge >= 0.3 is 6.85 Å². The molecule has 0 aliphatic carbocycles. The first kappa shape index (κ1) is 35.7. The minimum Gasteiger partial charge on any atom is -0.455 e. The number of nitrogens with zero attached hydrogens (tertiary/aromatic N) is 3. The number of hydrogen-bond donors (Lipinski definition) is 0. The molecule has 0 spiro atoms. The molecule has 2 aliphatic rings. The van der Waals surface area contributed by atoms with E-state index in [1.165, 1.54) is 60.7 Å². The minimum atomic E-state index is -0.169. The molecule has 0 atom stereocenters. The van der Waals surface area contributed by atoms with E-state index >= 15 is 0 Å². The van der Waals surface area contributed by atoms with Crippen LogP contribution in [0.5, 0.6) is 0 Å². The van der Waals surface area contributed by atoms with Crippen LogP contribution in [0.1, 0.15) is 11.1 Å². The topological polar surface area (TPSA) is 24.6 Å². The van der Waals surface area contributed by atoms with Gasteiger partial charge in [0.1, 0.15) is 11.3 Å². The van der Waals surface area contributed by atoms with Crippen molar-refractivity contribution in [1.29, 1.82) is 0 Å². The molecular weight excluding hydrogens is 765 g/mol. The van der Waals surface area contributed by atoms with Gasteiger partial charge in [0.2, 0.25) is 0 Å². The summed E-state index contributed by atoms with van der Waals surface area (Å²) in [7, 11) is 0. The van der Waals surface area contributed by atoms with Crippen LogP contribution in [0.4, 0.5) is 28.4 Å².